The Balaban J connectivity index is 0. The van der Waals surface area contributed by atoms with Crippen molar-refractivity contribution in [2.75, 3.05) is 13.1 Å². The fourth-order valence-corrected chi connectivity index (χ4v) is 4.29. The van der Waals surface area contributed by atoms with Crippen LogP contribution in [0.2, 0.25) is 0 Å². The van der Waals surface area contributed by atoms with E-state index < -0.39 is 110 Å². The molecule has 3 fully saturated rings. The fraction of sp³-hybridized carbons (Fsp3) is 0.846. The first kappa shape index (κ1) is 47.4. The van der Waals surface area contributed by atoms with Gasteiger partial charge in [-0.25, -0.2) is 0 Å². The van der Waals surface area contributed by atoms with E-state index in [1.165, 1.54) is 0 Å². The third kappa shape index (κ3) is 18.2. The van der Waals surface area contributed by atoms with Crippen LogP contribution in [0.1, 0.15) is 40.5 Å². The maximum absolute atomic E-state index is 10.2. The predicted octanol–water partition coefficient (Wildman–Crippen LogP) is -5.90. The number of hydrogen-bond acceptors (Lipinski definition) is 18. The average molecular weight is 709 g/mol. The number of rotatable bonds is 6. The third-order valence-electron chi connectivity index (χ3n) is 6.38. The van der Waals surface area contributed by atoms with Crippen molar-refractivity contribution in [2.24, 2.45) is 22.9 Å². The molecule has 0 aromatic heterocycles. The molecule has 3 aliphatic rings. The van der Waals surface area contributed by atoms with Crippen LogP contribution in [0.3, 0.4) is 0 Å². The van der Waals surface area contributed by atoms with Crippen molar-refractivity contribution in [1.29, 1.82) is 0 Å². The maximum atomic E-state index is 10.2. The van der Waals surface area contributed by atoms with Crippen molar-refractivity contribution in [1.82, 2.24) is 0 Å². The van der Waals surface area contributed by atoms with Gasteiger partial charge < -0.3 is 92.9 Å². The molecule has 48 heavy (non-hydrogen) atoms. The molecule has 14 atom stereocenters. The molecule has 2 heterocycles. The van der Waals surface area contributed by atoms with Crippen LogP contribution in [0.25, 0.3) is 0 Å². The summed E-state index contributed by atoms with van der Waals surface area (Å²) in [7, 11) is 0. The van der Waals surface area contributed by atoms with Gasteiger partial charge in [0.05, 0.1) is 12.2 Å². The van der Waals surface area contributed by atoms with Gasteiger partial charge in [0.1, 0.15) is 48.8 Å². The van der Waals surface area contributed by atoms with Gasteiger partial charge in [-0.3, -0.25) is 19.2 Å². The molecule has 0 spiro atoms. The summed E-state index contributed by atoms with van der Waals surface area (Å²) in [6.07, 6.45) is -14.1. The third-order valence-corrected chi connectivity index (χ3v) is 6.38. The molecule has 0 amide bonds. The largest absolute Gasteiger partial charge is 0.481 e. The SMILES string of the molecule is CC(=O)O.CC(=O)O.CC(=O)O.CC(=O)O.NC[C@H]1O[C@H](O[C@@H]2C[C@@H](N)[C@H](O[C@H]3O[C@H](CN)[C@@H](O)[C@H](O)[C@H]3O)C[C@H]2N)[C@H](O)[C@@H](O)[C@@H]1O. The second-order valence-corrected chi connectivity index (χ2v) is 10.7. The second kappa shape index (κ2) is 23.6. The topological polar surface area (TPSA) is 412 Å². The molecule has 3 rings (SSSR count). The Morgan fingerprint density at radius 2 is 0.771 bits per heavy atom. The lowest BCUT2D eigenvalue weighted by Crippen LogP contribution is -2.64. The van der Waals surface area contributed by atoms with Crippen molar-refractivity contribution in [3.05, 3.63) is 0 Å². The highest BCUT2D eigenvalue weighted by atomic mass is 16.7. The number of nitrogens with two attached hydrogens (primary N) is 4. The van der Waals surface area contributed by atoms with E-state index in [-0.39, 0.29) is 25.9 Å². The van der Waals surface area contributed by atoms with Gasteiger partial charge in [-0.1, -0.05) is 0 Å². The summed E-state index contributed by atoms with van der Waals surface area (Å²) in [5.41, 5.74) is 23.5. The minimum Gasteiger partial charge on any atom is -0.481 e. The number of aliphatic hydroxyl groups is 6. The normalized spacial score (nSPS) is 37.2. The number of hydrogen-bond donors (Lipinski definition) is 14. The zero-order valence-electron chi connectivity index (χ0n) is 27.0. The molecule has 0 unspecified atom stereocenters. The van der Waals surface area contributed by atoms with Crippen molar-refractivity contribution in [3.8, 4) is 0 Å². The van der Waals surface area contributed by atoms with Gasteiger partial charge in [0.2, 0.25) is 0 Å². The monoisotopic (exact) mass is 708 g/mol. The first-order chi connectivity index (χ1) is 22.0. The summed E-state index contributed by atoms with van der Waals surface area (Å²) in [5, 5.41) is 89.9. The van der Waals surface area contributed by atoms with E-state index in [1.54, 1.807) is 0 Å². The Kier molecular flexibility index (Phi) is 23.4. The van der Waals surface area contributed by atoms with Gasteiger partial charge in [-0.15, -0.1) is 0 Å². The summed E-state index contributed by atoms with van der Waals surface area (Å²) in [6, 6.07) is -1.25. The van der Waals surface area contributed by atoms with Crippen LogP contribution < -0.4 is 22.9 Å². The zero-order valence-corrected chi connectivity index (χ0v) is 27.0. The number of carbonyl (C=O) groups is 4. The molecule has 0 aromatic carbocycles. The van der Waals surface area contributed by atoms with E-state index in [1.807, 2.05) is 0 Å². The summed E-state index contributed by atoms with van der Waals surface area (Å²) >= 11 is 0. The van der Waals surface area contributed by atoms with E-state index in [4.69, 9.17) is 81.5 Å². The van der Waals surface area contributed by atoms with Gasteiger partial charge in [-0.05, 0) is 12.8 Å². The fourth-order valence-electron chi connectivity index (χ4n) is 4.29. The number of aliphatic hydroxyl groups excluding tert-OH is 6. The van der Waals surface area contributed by atoms with E-state index in [0.717, 1.165) is 27.7 Å². The van der Waals surface area contributed by atoms with Crippen molar-refractivity contribution in [3.63, 3.8) is 0 Å². The van der Waals surface area contributed by atoms with Gasteiger partial charge in [0.25, 0.3) is 23.9 Å². The second-order valence-electron chi connectivity index (χ2n) is 10.7. The lowest BCUT2D eigenvalue weighted by atomic mass is 9.86. The highest BCUT2D eigenvalue weighted by Crippen LogP contribution is 2.30. The number of carboxylic acids is 4. The maximum Gasteiger partial charge on any atom is 0.300 e. The number of ether oxygens (including phenoxy) is 4. The Hall–Kier alpha value is -2.68. The van der Waals surface area contributed by atoms with Crippen LogP contribution in [0.4, 0.5) is 0 Å². The first-order valence-electron chi connectivity index (χ1n) is 14.4. The lowest BCUT2D eigenvalue weighted by molar-refractivity contribution is -0.319. The molecule has 22 heteroatoms. The predicted molar refractivity (Wildman–Crippen MR) is 160 cm³/mol. The van der Waals surface area contributed by atoms with Crippen LogP contribution in [-0.4, -0.2) is 174 Å². The van der Waals surface area contributed by atoms with E-state index in [2.05, 4.69) is 0 Å². The smallest absolute Gasteiger partial charge is 0.300 e. The number of carboxylic acid groups (broad SMARTS) is 4. The van der Waals surface area contributed by atoms with E-state index in [9.17, 15) is 30.6 Å². The summed E-state index contributed by atoms with van der Waals surface area (Å²) < 4.78 is 22.5. The molecular formula is C26H52N4O18. The Bertz CT molecular complexity index is 848. The standard InChI is InChI=1S/C18H36N4O10.4C2H4O2/c19-3-9-11(23)13(25)15(27)17(31-9)29-7-1-5(21)8(2-6(7)22)30-18-16(28)14(26)12(24)10(4-20)32-18;4*1-2(3)4/h5-18,23-28H,1-4,19-22H2;4*1H3,(H,3,4)/t5-,6-,7-,8-,9-,10-,11-,12-,13+,14+,15-,16-,17+,18+;;;;/m1..../s1. The quantitative estimate of drug-likeness (QED) is 0.122. The first-order valence-corrected chi connectivity index (χ1v) is 14.4. The minimum absolute atomic E-state index is 0.0922. The minimum atomic E-state index is -1.52. The zero-order chi connectivity index (χ0) is 38.0. The van der Waals surface area contributed by atoms with Gasteiger partial charge >= 0.3 is 0 Å². The molecule has 0 radical (unpaired) electrons. The molecule has 18 N–H and O–H groups in total. The molecule has 2 aliphatic heterocycles. The molecule has 1 saturated carbocycles. The summed E-state index contributed by atoms with van der Waals surface area (Å²) in [6.45, 7) is 4.15. The van der Waals surface area contributed by atoms with Crippen LogP contribution >= 0.6 is 0 Å². The van der Waals surface area contributed by atoms with E-state index >= 15 is 0 Å². The van der Waals surface area contributed by atoms with Crippen LogP contribution in [0, 0.1) is 0 Å². The van der Waals surface area contributed by atoms with Gasteiger partial charge in [0, 0.05) is 52.9 Å². The van der Waals surface area contributed by atoms with Crippen LogP contribution in [0.5, 0.6) is 0 Å². The van der Waals surface area contributed by atoms with E-state index in [0.29, 0.717) is 0 Å². The number of aliphatic carboxylic acids is 4. The molecule has 2 saturated heterocycles. The molecule has 1 aliphatic carbocycles. The van der Waals surface area contributed by atoms with Crippen LogP contribution in [-0.2, 0) is 38.1 Å². The Morgan fingerprint density at radius 3 is 0.979 bits per heavy atom. The van der Waals surface area contributed by atoms with Crippen LogP contribution in [0.15, 0.2) is 0 Å². The van der Waals surface area contributed by atoms with Crippen molar-refractivity contribution < 1.29 is 89.2 Å². The average Bonchev–Trinajstić information content (AvgIpc) is 2.94. The summed E-state index contributed by atoms with van der Waals surface area (Å²) in [4.78, 5) is 36.0. The molecule has 22 nitrogen and oxygen atoms in total. The molecular weight excluding hydrogens is 656 g/mol. The molecule has 0 bridgehead atoms. The summed E-state index contributed by atoms with van der Waals surface area (Å²) in [5.74, 6) is -3.33. The lowest BCUT2D eigenvalue weighted by Gasteiger charge is -2.46. The Morgan fingerprint density at radius 1 is 0.542 bits per heavy atom. The molecule has 0 aromatic rings. The highest BCUT2D eigenvalue weighted by molar-refractivity contribution is 5.63. The van der Waals surface area contributed by atoms with Crippen molar-refractivity contribution >= 4 is 23.9 Å². The highest BCUT2D eigenvalue weighted by Gasteiger charge is 2.48. The van der Waals surface area contributed by atoms with Gasteiger partial charge in [-0.2, -0.15) is 0 Å². The van der Waals surface area contributed by atoms with Crippen molar-refractivity contribution in [2.45, 2.75) is 126 Å². The molecule has 284 valence electrons. The van der Waals surface area contributed by atoms with Gasteiger partial charge in [0.15, 0.2) is 12.6 Å². The Labute approximate surface area is 275 Å².